The first-order chi connectivity index (χ1) is 26.3. The lowest BCUT2D eigenvalue weighted by atomic mass is 9.60. The topological polar surface area (TPSA) is 158 Å². The van der Waals surface area contributed by atoms with E-state index in [9.17, 15) is 10.2 Å². The molecule has 56 heavy (non-hydrogen) atoms. The van der Waals surface area contributed by atoms with Crippen LogP contribution in [0.15, 0.2) is 48.5 Å². The summed E-state index contributed by atoms with van der Waals surface area (Å²) in [4.78, 5) is 11.9. The fourth-order valence-corrected chi connectivity index (χ4v) is 9.35. The first-order valence-corrected chi connectivity index (χ1v) is 18.8. The Hall–Kier alpha value is -5.72. The van der Waals surface area contributed by atoms with Gasteiger partial charge in [-0.3, -0.25) is 0 Å². The van der Waals surface area contributed by atoms with E-state index in [1.807, 2.05) is 150 Å². The molecule has 0 aliphatic heterocycles. The first kappa shape index (κ1) is 38.6. The fraction of sp³-hybridized carbons (Fsp3) is 0.364. The third kappa shape index (κ3) is 5.33. The van der Waals surface area contributed by atoms with E-state index < -0.39 is 24.0 Å². The summed E-state index contributed by atoms with van der Waals surface area (Å²) in [5.41, 5.74) is 20.6. The van der Waals surface area contributed by atoms with Crippen LogP contribution in [0.1, 0.15) is 23.0 Å². The van der Waals surface area contributed by atoms with E-state index in [0.717, 1.165) is 44.9 Å². The molecule has 2 atom stereocenters. The number of benzene rings is 6. The molecule has 0 amide bonds. The van der Waals surface area contributed by atoms with Crippen molar-refractivity contribution in [1.82, 2.24) is 0 Å². The fourth-order valence-electron chi connectivity index (χ4n) is 9.35. The second-order valence-electron chi connectivity index (χ2n) is 16.4. The average molecular weight is 759 g/mol. The summed E-state index contributed by atoms with van der Waals surface area (Å²) in [6.07, 6.45) is -3.00. The second-order valence-corrected chi connectivity index (χ2v) is 16.4. The van der Waals surface area contributed by atoms with Gasteiger partial charge in [0.2, 0.25) is 0 Å². The normalized spacial score (nSPS) is 18.1. The first-order valence-electron chi connectivity index (χ1n) is 18.8. The summed E-state index contributed by atoms with van der Waals surface area (Å²) in [5.74, 6) is -2.37. The van der Waals surface area contributed by atoms with Crippen molar-refractivity contribution in [2.45, 2.75) is 24.0 Å². The van der Waals surface area contributed by atoms with Gasteiger partial charge in [0.1, 0.15) is 11.5 Å². The van der Waals surface area contributed by atoms with Gasteiger partial charge in [0.05, 0.1) is 11.4 Å². The molecule has 6 aromatic rings. The van der Waals surface area contributed by atoms with Gasteiger partial charge in [-0.25, -0.2) is 0 Å². The average Bonchev–Trinajstić information content (AvgIpc) is 3.10. The van der Waals surface area contributed by atoms with Gasteiger partial charge in [-0.05, 0) is 71.5 Å². The van der Waals surface area contributed by atoms with Crippen LogP contribution in [0, 0.1) is 0 Å². The summed E-state index contributed by atoms with van der Waals surface area (Å²) in [6, 6.07) is 14.5. The summed E-state index contributed by atoms with van der Waals surface area (Å²) in [6.45, 7) is 0. The van der Waals surface area contributed by atoms with Crippen molar-refractivity contribution >= 4 is 88.6 Å². The van der Waals surface area contributed by atoms with Gasteiger partial charge in [-0.1, -0.05) is 0 Å². The summed E-state index contributed by atoms with van der Waals surface area (Å²) in [7, 11) is 23.3. The maximum Gasteiger partial charge on any atom is 0.123 e. The summed E-state index contributed by atoms with van der Waals surface area (Å²) < 4.78 is 0. The number of anilines is 8. The van der Waals surface area contributed by atoms with Gasteiger partial charge in [0, 0.05) is 162 Å². The number of aromatic hydroxyl groups is 2. The minimum absolute atomic E-state index is 0.0749. The zero-order valence-corrected chi connectivity index (χ0v) is 34.5. The number of hydrogen-bond donors (Lipinski definition) is 4. The number of nitrogens with zero attached hydrogens (tertiary/aromatic N) is 6. The monoisotopic (exact) mass is 758 g/mol. The SMILES string of the molecule is CN(C)c1ccc(N)c2c(C3C([O-])C(c4c5c(O)ccc(N(C)C)c5c(N(C)C)c5c(N(C)C)ccc(O)c45)C3[O-])c3c(N)ccc(N(C)C)c3c(N(C)C)c12. The minimum Gasteiger partial charge on any atom is -0.851 e. The van der Waals surface area contributed by atoms with Crippen LogP contribution >= 0.6 is 0 Å². The third-order valence-corrected chi connectivity index (χ3v) is 11.7. The Morgan fingerprint density at radius 1 is 0.393 bits per heavy atom. The summed E-state index contributed by atoms with van der Waals surface area (Å²) in [5, 5.41) is 59.7. The Morgan fingerprint density at radius 3 is 0.946 bits per heavy atom. The predicted octanol–water partition coefficient (Wildman–Crippen LogP) is 4.61. The third-order valence-electron chi connectivity index (χ3n) is 11.7. The molecule has 7 rings (SSSR count). The molecule has 0 saturated heterocycles. The van der Waals surface area contributed by atoms with Crippen LogP contribution in [0.4, 0.5) is 45.5 Å². The van der Waals surface area contributed by atoms with Crippen LogP contribution in [-0.4, -0.2) is 107 Å². The number of rotatable bonds is 8. The van der Waals surface area contributed by atoms with E-state index in [-0.39, 0.29) is 11.5 Å². The molecule has 1 fully saturated rings. The number of nitrogens with two attached hydrogens (primary N) is 2. The van der Waals surface area contributed by atoms with Crippen molar-refractivity contribution in [3.05, 3.63) is 59.7 Å². The molecule has 12 heteroatoms. The van der Waals surface area contributed by atoms with Crippen LogP contribution in [-0.2, 0) is 0 Å². The van der Waals surface area contributed by atoms with Gasteiger partial charge >= 0.3 is 0 Å². The molecule has 0 heterocycles. The molecular weight excluding hydrogens is 705 g/mol. The molecule has 1 aliphatic carbocycles. The molecule has 1 saturated carbocycles. The van der Waals surface area contributed by atoms with Crippen molar-refractivity contribution in [1.29, 1.82) is 0 Å². The van der Waals surface area contributed by atoms with E-state index >= 15 is 10.2 Å². The standard InChI is InChI=1S/C44H54N8O4/c1-47(2)23-15-13-21(45)29-31(23)41(51(9)10)32-24(48(3)4)16-14-22(46)30(32)37(29)39-43(55)40(44(39)56)38-35-27(53)19-17-25(49(5)6)33(35)42(52(11)12)34-26(50(7)8)18-20-28(54)36(34)38/h13-20,39-40,43-44,53-54H,45-46H2,1-12H3/q-2. The zero-order valence-electron chi connectivity index (χ0n) is 34.5. The Bertz CT molecular complexity index is 2230. The van der Waals surface area contributed by atoms with Crippen LogP contribution in [0.25, 0.3) is 43.1 Å². The Labute approximate surface area is 328 Å². The van der Waals surface area contributed by atoms with Gasteiger partial charge < -0.3 is 61.3 Å². The Kier molecular flexibility index (Phi) is 9.29. The van der Waals surface area contributed by atoms with E-state index in [4.69, 9.17) is 11.5 Å². The number of fused-ring (bicyclic) bond motifs is 4. The number of nitrogen functional groups attached to an aromatic ring is 2. The molecule has 0 radical (unpaired) electrons. The predicted molar refractivity (Wildman–Crippen MR) is 234 cm³/mol. The number of phenolic OH excluding ortho intramolecular Hbond substituents is 2. The molecule has 296 valence electrons. The van der Waals surface area contributed by atoms with Crippen molar-refractivity contribution in [2.75, 3.05) is 125 Å². The zero-order chi connectivity index (χ0) is 41.0. The van der Waals surface area contributed by atoms with Crippen LogP contribution in [0.3, 0.4) is 0 Å². The van der Waals surface area contributed by atoms with Crippen molar-refractivity contribution in [3.63, 3.8) is 0 Å². The largest absolute Gasteiger partial charge is 0.851 e. The number of phenols is 2. The van der Waals surface area contributed by atoms with Crippen molar-refractivity contribution in [2.24, 2.45) is 0 Å². The number of hydrogen-bond acceptors (Lipinski definition) is 12. The lowest BCUT2D eigenvalue weighted by molar-refractivity contribution is -0.535. The van der Waals surface area contributed by atoms with Gasteiger partial charge in [-0.2, -0.15) is 0 Å². The van der Waals surface area contributed by atoms with E-state index in [0.29, 0.717) is 54.8 Å². The molecule has 0 aromatic heterocycles. The molecular formula is C44H54N8O4-2. The quantitative estimate of drug-likeness (QED) is 0.127. The maximum absolute atomic E-state index is 15.5. The highest BCUT2D eigenvalue weighted by Crippen LogP contribution is 2.60. The lowest BCUT2D eigenvalue weighted by Crippen LogP contribution is -2.63. The van der Waals surface area contributed by atoms with Gasteiger partial charge in [-0.15, -0.1) is 12.2 Å². The van der Waals surface area contributed by atoms with Crippen molar-refractivity contribution < 1.29 is 20.4 Å². The van der Waals surface area contributed by atoms with E-state index in [1.165, 1.54) is 0 Å². The molecule has 0 bridgehead atoms. The molecule has 12 nitrogen and oxygen atoms in total. The van der Waals surface area contributed by atoms with Crippen LogP contribution < -0.4 is 51.1 Å². The molecule has 0 spiro atoms. The summed E-state index contributed by atoms with van der Waals surface area (Å²) >= 11 is 0. The molecule has 1 aliphatic rings. The van der Waals surface area contributed by atoms with E-state index in [2.05, 4.69) is 0 Å². The minimum atomic E-state index is -1.50. The maximum atomic E-state index is 15.5. The Balaban J connectivity index is 1.65. The highest BCUT2D eigenvalue weighted by molar-refractivity contribution is 6.27. The second kappa shape index (κ2) is 13.5. The molecule has 6 aromatic carbocycles. The molecule has 2 unspecified atom stereocenters. The van der Waals surface area contributed by atoms with E-state index in [1.54, 1.807) is 12.1 Å². The lowest BCUT2D eigenvalue weighted by Gasteiger charge is -2.62. The van der Waals surface area contributed by atoms with Gasteiger partial charge in [0.25, 0.3) is 0 Å². The van der Waals surface area contributed by atoms with Gasteiger partial charge in [0.15, 0.2) is 0 Å². The highest BCUT2D eigenvalue weighted by Gasteiger charge is 2.44. The van der Waals surface area contributed by atoms with Crippen molar-refractivity contribution in [3.8, 4) is 11.5 Å². The highest BCUT2D eigenvalue weighted by atomic mass is 16.3. The smallest absolute Gasteiger partial charge is 0.123 e. The van der Waals surface area contributed by atoms with Crippen LogP contribution in [0.2, 0.25) is 0 Å². The van der Waals surface area contributed by atoms with Crippen LogP contribution in [0.5, 0.6) is 11.5 Å². The Morgan fingerprint density at radius 2 is 0.661 bits per heavy atom. The molecule has 6 N–H and O–H groups in total.